The van der Waals surface area contributed by atoms with Gasteiger partial charge in [-0.15, -0.1) is 0 Å². The Hall–Kier alpha value is -0.240. The van der Waals surface area contributed by atoms with E-state index in [2.05, 4.69) is 12.2 Å². The molecule has 0 fully saturated rings. The molecule has 6 nitrogen and oxygen atoms in total. The van der Waals surface area contributed by atoms with Crippen LogP contribution in [0.25, 0.3) is 0 Å². The first-order chi connectivity index (χ1) is 14.1. The minimum absolute atomic E-state index is 0.0981. The van der Waals surface area contributed by atoms with Gasteiger partial charge in [-0.3, -0.25) is 4.90 Å². The van der Waals surface area contributed by atoms with E-state index >= 15 is 0 Å². The Morgan fingerprint density at radius 1 is 0.690 bits per heavy atom. The highest BCUT2D eigenvalue weighted by Crippen LogP contribution is 2.13. The first-order valence-electron chi connectivity index (χ1n) is 12.1. The van der Waals surface area contributed by atoms with Crippen LogP contribution in [-0.4, -0.2) is 83.5 Å². The lowest BCUT2D eigenvalue weighted by molar-refractivity contribution is 0.0374. The molecule has 29 heavy (non-hydrogen) atoms. The zero-order valence-electron chi connectivity index (χ0n) is 19.0. The SMILES string of the molecule is CCCCCCCCCCCCCCC(O)CN(CCNCCO)CC(O)CO. The topological polar surface area (TPSA) is 96.2 Å². The van der Waals surface area contributed by atoms with Crippen molar-refractivity contribution >= 4 is 0 Å². The van der Waals surface area contributed by atoms with E-state index in [0.29, 0.717) is 32.7 Å². The molecule has 176 valence electrons. The number of rotatable bonds is 23. The van der Waals surface area contributed by atoms with Gasteiger partial charge in [0.25, 0.3) is 0 Å². The summed E-state index contributed by atoms with van der Waals surface area (Å²) in [6.07, 6.45) is 15.3. The maximum absolute atomic E-state index is 10.3. The molecule has 0 bridgehead atoms. The standard InChI is InChI=1S/C23H50N2O4/c1-2-3-4-5-6-7-8-9-10-11-12-13-14-22(28)19-25(20-23(29)21-27)17-15-24-16-18-26/h22-24,26-29H,2-21H2,1H3. The fraction of sp³-hybridized carbons (Fsp3) is 1.00. The molecule has 0 aromatic heterocycles. The highest BCUT2D eigenvalue weighted by molar-refractivity contribution is 4.70. The predicted molar refractivity (Wildman–Crippen MR) is 121 cm³/mol. The van der Waals surface area contributed by atoms with Gasteiger partial charge in [-0.1, -0.05) is 84.0 Å². The van der Waals surface area contributed by atoms with E-state index in [9.17, 15) is 10.2 Å². The van der Waals surface area contributed by atoms with Crippen LogP contribution < -0.4 is 5.32 Å². The molecule has 0 aliphatic carbocycles. The van der Waals surface area contributed by atoms with Gasteiger partial charge >= 0.3 is 0 Å². The second-order valence-electron chi connectivity index (χ2n) is 8.40. The van der Waals surface area contributed by atoms with Gasteiger partial charge in [-0.05, 0) is 6.42 Å². The number of aliphatic hydroxyl groups is 4. The molecule has 2 unspecified atom stereocenters. The lowest BCUT2D eigenvalue weighted by Gasteiger charge is -2.27. The van der Waals surface area contributed by atoms with E-state index in [1.54, 1.807) is 0 Å². The molecule has 0 aliphatic rings. The summed E-state index contributed by atoms with van der Waals surface area (Å²) in [7, 11) is 0. The molecule has 0 aromatic carbocycles. The summed E-state index contributed by atoms with van der Waals surface area (Å²) in [5, 5.41) is 41.0. The highest BCUT2D eigenvalue weighted by Gasteiger charge is 2.15. The van der Waals surface area contributed by atoms with Crippen LogP contribution in [0.5, 0.6) is 0 Å². The lowest BCUT2D eigenvalue weighted by atomic mass is 10.0. The van der Waals surface area contributed by atoms with Gasteiger partial charge < -0.3 is 25.7 Å². The number of hydrogen-bond acceptors (Lipinski definition) is 6. The van der Waals surface area contributed by atoms with E-state index in [1.807, 2.05) is 4.90 Å². The van der Waals surface area contributed by atoms with Crippen molar-refractivity contribution in [2.24, 2.45) is 0 Å². The van der Waals surface area contributed by atoms with E-state index in [1.165, 1.54) is 70.6 Å². The van der Waals surface area contributed by atoms with Crippen molar-refractivity contribution in [1.29, 1.82) is 0 Å². The Labute approximate surface area is 179 Å². The summed E-state index contributed by atoms with van der Waals surface area (Å²) in [4.78, 5) is 1.98. The first kappa shape index (κ1) is 28.8. The molecule has 0 saturated heterocycles. The zero-order chi connectivity index (χ0) is 21.6. The van der Waals surface area contributed by atoms with Crippen molar-refractivity contribution < 1.29 is 20.4 Å². The van der Waals surface area contributed by atoms with Crippen LogP contribution in [0.2, 0.25) is 0 Å². The van der Waals surface area contributed by atoms with Gasteiger partial charge in [0.2, 0.25) is 0 Å². The van der Waals surface area contributed by atoms with E-state index < -0.39 is 12.2 Å². The Bertz CT molecular complexity index is 321. The molecule has 5 N–H and O–H groups in total. The normalized spacial score (nSPS) is 13.9. The molecule has 0 aliphatic heterocycles. The average molecular weight is 419 g/mol. The fourth-order valence-corrected chi connectivity index (χ4v) is 3.66. The van der Waals surface area contributed by atoms with Crippen LogP contribution in [0.3, 0.4) is 0 Å². The highest BCUT2D eigenvalue weighted by atomic mass is 16.3. The Morgan fingerprint density at radius 2 is 1.21 bits per heavy atom. The van der Waals surface area contributed by atoms with Gasteiger partial charge in [0.15, 0.2) is 0 Å². The fourth-order valence-electron chi connectivity index (χ4n) is 3.66. The van der Waals surface area contributed by atoms with Crippen LogP contribution in [0.15, 0.2) is 0 Å². The van der Waals surface area contributed by atoms with E-state index in [0.717, 1.165) is 12.8 Å². The van der Waals surface area contributed by atoms with Crippen LogP contribution in [0, 0.1) is 0 Å². The second-order valence-corrected chi connectivity index (χ2v) is 8.40. The van der Waals surface area contributed by atoms with Crippen LogP contribution in [-0.2, 0) is 0 Å². The quantitative estimate of drug-likeness (QED) is 0.164. The van der Waals surface area contributed by atoms with Gasteiger partial charge in [0, 0.05) is 32.7 Å². The molecular formula is C23H50N2O4. The summed E-state index contributed by atoms with van der Waals surface area (Å²) in [5.41, 5.74) is 0. The molecular weight excluding hydrogens is 368 g/mol. The van der Waals surface area contributed by atoms with Crippen molar-refractivity contribution in [3.63, 3.8) is 0 Å². The third-order valence-corrected chi connectivity index (χ3v) is 5.43. The number of nitrogens with one attached hydrogen (secondary N) is 1. The Balaban J connectivity index is 3.69. The van der Waals surface area contributed by atoms with Gasteiger partial charge in [0.05, 0.1) is 25.4 Å². The lowest BCUT2D eigenvalue weighted by Crippen LogP contribution is -2.42. The number of unbranched alkanes of at least 4 members (excludes halogenated alkanes) is 11. The molecule has 0 heterocycles. The minimum atomic E-state index is -0.785. The van der Waals surface area contributed by atoms with E-state index in [-0.39, 0.29) is 13.2 Å². The second kappa shape index (κ2) is 22.4. The monoisotopic (exact) mass is 418 g/mol. The van der Waals surface area contributed by atoms with Crippen molar-refractivity contribution in [1.82, 2.24) is 10.2 Å². The number of aliphatic hydroxyl groups excluding tert-OH is 4. The minimum Gasteiger partial charge on any atom is -0.395 e. The maximum Gasteiger partial charge on any atom is 0.0897 e. The van der Waals surface area contributed by atoms with Crippen molar-refractivity contribution in [3.8, 4) is 0 Å². The first-order valence-corrected chi connectivity index (χ1v) is 12.1. The zero-order valence-corrected chi connectivity index (χ0v) is 19.0. The number of hydrogen-bond donors (Lipinski definition) is 5. The molecule has 0 amide bonds. The summed E-state index contributed by atoms with van der Waals surface area (Å²) in [5.74, 6) is 0. The molecule has 0 spiro atoms. The Kier molecular flexibility index (Phi) is 22.3. The van der Waals surface area contributed by atoms with Crippen LogP contribution in [0.1, 0.15) is 90.4 Å². The van der Waals surface area contributed by atoms with Crippen molar-refractivity contribution in [3.05, 3.63) is 0 Å². The third kappa shape index (κ3) is 20.8. The summed E-state index contributed by atoms with van der Waals surface area (Å²) in [6, 6.07) is 0. The smallest absolute Gasteiger partial charge is 0.0897 e. The third-order valence-electron chi connectivity index (χ3n) is 5.43. The summed E-state index contributed by atoms with van der Waals surface area (Å²) >= 11 is 0. The molecule has 0 rings (SSSR count). The van der Waals surface area contributed by atoms with Crippen molar-refractivity contribution in [2.75, 3.05) is 45.9 Å². The molecule has 0 radical (unpaired) electrons. The molecule has 0 aromatic rings. The van der Waals surface area contributed by atoms with Crippen molar-refractivity contribution in [2.45, 2.75) is 103 Å². The Morgan fingerprint density at radius 3 is 1.72 bits per heavy atom. The van der Waals surface area contributed by atoms with Gasteiger partial charge in [-0.25, -0.2) is 0 Å². The van der Waals surface area contributed by atoms with Crippen LogP contribution in [0.4, 0.5) is 0 Å². The summed E-state index contributed by atoms with van der Waals surface area (Å²) < 4.78 is 0. The molecule has 0 saturated carbocycles. The largest absolute Gasteiger partial charge is 0.395 e. The maximum atomic E-state index is 10.3. The molecule has 6 heteroatoms. The van der Waals surface area contributed by atoms with E-state index in [4.69, 9.17) is 10.2 Å². The predicted octanol–water partition coefficient (Wildman–Crippen LogP) is 2.68. The van der Waals surface area contributed by atoms with Gasteiger partial charge in [-0.2, -0.15) is 0 Å². The summed E-state index contributed by atoms with van der Waals surface area (Å²) in [6.45, 7) is 4.85. The van der Waals surface area contributed by atoms with Gasteiger partial charge in [0.1, 0.15) is 0 Å². The van der Waals surface area contributed by atoms with Crippen LogP contribution >= 0.6 is 0 Å². The average Bonchev–Trinajstić information content (AvgIpc) is 2.71. The number of nitrogens with zero attached hydrogens (tertiary/aromatic N) is 1. The molecule has 2 atom stereocenters.